The van der Waals surface area contributed by atoms with Gasteiger partial charge in [0.15, 0.2) is 21.9 Å². The van der Waals surface area contributed by atoms with E-state index >= 15 is 0 Å². The van der Waals surface area contributed by atoms with E-state index in [2.05, 4.69) is 52.2 Å². The molecular weight excluding hydrogens is 420 g/mol. The van der Waals surface area contributed by atoms with Crippen molar-refractivity contribution in [1.82, 2.24) is 4.98 Å². The zero-order valence-electron chi connectivity index (χ0n) is 15.5. The Balaban J connectivity index is 1.45. The number of fused-ring (bicyclic) bond motifs is 1. The summed E-state index contributed by atoms with van der Waals surface area (Å²) in [5, 5.41) is 2.81. The number of carbonyl (C=O) groups is 1. The first-order valence-corrected chi connectivity index (χ1v) is 9.82. The third kappa shape index (κ3) is 4.02. The highest BCUT2D eigenvalue weighted by atomic mass is 79.9. The number of nitrogens with zero attached hydrogens (tertiary/aromatic N) is 1. The first-order chi connectivity index (χ1) is 13.5. The van der Waals surface area contributed by atoms with Gasteiger partial charge in [0.25, 0.3) is 5.91 Å². The largest absolute Gasteiger partial charge is 0.444 e. The Kier molecular flexibility index (Phi) is 5.05. The van der Waals surface area contributed by atoms with Crippen molar-refractivity contribution in [2.75, 3.05) is 5.32 Å². The maximum absolute atomic E-state index is 12.1. The number of oxazole rings is 1. The molecule has 0 aliphatic rings. The standard InChI is InChI=1S/C22H19BrN2O3/c1-13(2)15-5-8-18-17(12-15)25-21(28-18)11-14-3-6-16(7-4-14)24-22(26)19-9-10-20(23)27-19/h3-10,12-13H,11H2,1-2H3,(H,24,26). The lowest BCUT2D eigenvalue weighted by Gasteiger charge is -2.04. The predicted molar refractivity (Wildman–Crippen MR) is 112 cm³/mol. The summed E-state index contributed by atoms with van der Waals surface area (Å²) in [7, 11) is 0. The van der Waals surface area contributed by atoms with Gasteiger partial charge in [-0.2, -0.15) is 0 Å². The molecule has 0 unspecified atom stereocenters. The molecule has 1 N–H and O–H groups in total. The number of rotatable bonds is 5. The second kappa shape index (κ2) is 7.64. The quantitative estimate of drug-likeness (QED) is 0.405. The van der Waals surface area contributed by atoms with Crippen LogP contribution in [0, 0.1) is 0 Å². The second-order valence-electron chi connectivity index (χ2n) is 6.92. The molecule has 28 heavy (non-hydrogen) atoms. The number of benzene rings is 2. The van der Waals surface area contributed by atoms with Gasteiger partial charge in [-0.05, 0) is 69.4 Å². The van der Waals surface area contributed by atoms with Crippen LogP contribution in [0.5, 0.6) is 0 Å². The average Bonchev–Trinajstić information content (AvgIpc) is 3.28. The Morgan fingerprint density at radius 2 is 1.86 bits per heavy atom. The van der Waals surface area contributed by atoms with E-state index in [9.17, 15) is 4.79 Å². The highest BCUT2D eigenvalue weighted by molar-refractivity contribution is 9.10. The normalized spacial score (nSPS) is 11.3. The predicted octanol–water partition coefficient (Wildman–Crippen LogP) is 6.15. The molecule has 0 radical (unpaired) electrons. The third-order valence-corrected chi connectivity index (χ3v) is 4.91. The van der Waals surface area contributed by atoms with Crippen molar-refractivity contribution in [3.05, 3.63) is 82.0 Å². The Morgan fingerprint density at radius 1 is 1.07 bits per heavy atom. The molecule has 142 valence electrons. The molecule has 4 rings (SSSR count). The van der Waals surface area contributed by atoms with Gasteiger partial charge >= 0.3 is 0 Å². The van der Waals surface area contributed by atoms with Gasteiger partial charge in [0.2, 0.25) is 0 Å². The van der Waals surface area contributed by atoms with Crippen LogP contribution in [0.2, 0.25) is 0 Å². The van der Waals surface area contributed by atoms with Crippen LogP contribution >= 0.6 is 15.9 Å². The van der Waals surface area contributed by atoms with Crippen molar-refractivity contribution >= 4 is 38.6 Å². The molecule has 0 saturated carbocycles. The molecule has 0 saturated heterocycles. The lowest BCUT2D eigenvalue weighted by Crippen LogP contribution is -2.10. The molecule has 5 nitrogen and oxygen atoms in total. The van der Waals surface area contributed by atoms with Crippen LogP contribution < -0.4 is 5.32 Å². The highest BCUT2D eigenvalue weighted by Gasteiger charge is 2.12. The molecule has 2 heterocycles. The van der Waals surface area contributed by atoms with Crippen LogP contribution in [-0.2, 0) is 6.42 Å². The molecule has 0 bridgehead atoms. The molecule has 0 spiro atoms. The van der Waals surface area contributed by atoms with Gasteiger partial charge < -0.3 is 14.2 Å². The number of anilines is 1. The van der Waals surface area contributed by atoms with Gasteiger partial charge in [0.05, 0.1) is 0 Å². The summed E-state index contributed by atoms with van der Waals surface area (Å²) in [5.41, 5.74) is 4.67. The zero-order chi connectivity index (χ0) is 19.7. The molecule has 4 aromatic rings. The Hall–Kier alpha value is -2.86. The summed E-state index contributed by atoms with van der Waals surface area (Å²) >= 11 is 3.19. The van der Waals surface area contributed by atoms with Gasteiger partial charge in [-0.15, -0.1) is 0 Å². The van der Waals surface area contributed by atoms with E-state index in [0.717, 1.165) is 16.7 Å². The minimum atomic E-state index is -0.293. The number of amides is 1. The van der Waals surface area contributed by atoms with Crippen LogP contribution in [0.15, 0.2) is 68.1 Å². The number of hydrogen-bond donors (Lipinski definition) is 1. The van der Waals surface area contributed by atoms with Gasteiger partial charge in [0, 0.05) is 12.1 Å². The first kappa shape index (κ1) is 18.5. The smallest absolute Gasteiger partial charge is 0.291 e. The fourth-order valence-electron chi connectivity index (χ4n) is 2.94. The molecule has 0 fully saturated rings. The van der Waals surface area contributed by atoms with Crippen molar-refractivity contribution in [3.8, 4) is 0 Å². The SMILES string of the molecule is CC(C)c1ccc2oc(Cc3ccc(NC(=O)c4ccc(Br)o4)cc3)nc2c1. The molecule has 0 aliphatic heterocycles. The lowest BCUT2D eigenvalue weighted by atomic mass is 10.0. The van der Waals surface area contributed by atoms with Crippen molar-refractivity contribution in [2.45, 2.75) is 26.2 Å². The van der Waals surface area contributed by atoms with Crippen LogP contribution in [0.1, 0.15) is 47.3 Å². The topological polar surface area (TPSA) is 68.3 Å². The first-order valence-electron chi connectivity index (χ1n) is 9.03. The molecule has 2 aromatic carbocycles. The summed E-state index contributed by atoms with van der Waals surface area (Å²) in [6.45, 7) is 4.32. The molecule has 0 atom stereocenters. The highest BCUT2D eigenvalue weighted by Crippen LogP contribution is 2.23. The Morgan fingerprint density at radius 3 is 2.54 bits per heavy atom. The number of carbonyl (C=O) groups excluding carboxylic acids is 1. The van der Waals surface area contributed by atoms with Gasteiger partial charge in [-0.1, -0.05) is 32.0 Å². The molecule has 2 aromatic heterocycles. The van der Waals surface area contributed by atoms with E-state index < -0.39 is 0 Å². The minimum absolute atomic E-state index is 0.253. The van der Waals surface area contributed by atoms with Crippen LogP contribution in [0.25, 0.3) is 11.1 Å². The molecule has 6 heteroatoms. The second-order valence-corrected chi connectivity index (χ2v) is 7.70. The van der Waals surface area contributed by atoms with Crippen LogP contribution in [-0.4, -0.2) is 10.9 Å². The summed E-state index contributed by atoms with van der Waals surface area (Å²) < 4.78 is 11.6. The minimum Gasteiger partial charge on any atom is -0.444 e. The van der Waals surface area contributed by atoms with Gasteiger partial charge in [-0.3, -0.25) is 4.79 Å². The van der Waals surface area contributed by atoms with Crippen molar-refractivity contribution in [3.63, 3.8) is 0 Å². The van der Waals surface area contributed by atoms with Crippen molar-refractivity contribution in [1.29, 1.82) is 0 Å². The van der Waals surface area contributed by atoms with E-state index in [-0.39, 0.29) is 11.7 Å². The number of aromatic nitrogens is 1. The molecule has 1 amide bonds. The maximum atomic E-state index is 12.1. The average molecular weight is 439 g/mol. The number of halogens is 1. The van der Waals surface area contributed by atoms with E-state index in [1.807, 2.05) is 30.3 Å². The molecule has 0 aliphatic carbocycles. The fourth-order valence-corrected chi connectivity index (χ4v) is 3.24. The number of nitrogens with one attached hydrogen (secondary N) is 1. The van der Waals surface area contributed by atoms with Gasteiger partial charge in [-0.25, -0.2) is 4.98 Å². The maximum Gasteiger partial charge on any atom is 0.291 e. The van der Waals surface area contributed by atoms with Crippen LogP contribution in [0.4, 0.5) is 5.69 Å². The summed E-state index contributed by atoms with van der Waals surface area (Å²) in [6, 6.07) is 17.0. The fraction of sp³-hybridized carbons (Fsp3) is 0.182. The van der Waals surface area contributed by atoms with Crippen molar-refractivity contribution in [2.24, 2.45) is 0 Å². The third-order valence-electron chi connectivity index (χ3n) is 4.49. The monoisotopic (exact) mass is 438 g/mol. The summed E-state index contributed by atoms with van der Waals surface area (Å²) in [4.78, 5) is 16.7. The number of hydrogen-bond acceptors (Lipinski definition) is 4. The summed E-state index contributed by atoms with van der Waals surface area (Å²) in [6.07, 6.45) is 0.588. The van der Waals surface area contributed by atoms with Crippen LogP contribution in [0.3, 0.4) is 0 Å². The van der Waals surface area contributed by atoms with E-state index in [4.69, 9.17) is 8.83 Å². The summed E-state index contributed by atoms with van der Waals surface area (Å²) in [5.74, 6) is 1.09. The van der Waals surface area contributed by atoms with E-state index in [1.165, 1.54) is 5.56 Å². The Bertz CT molecular complexity index is 1130. The van der Waals surface area contributed by atoms with Gasteiger partial charge in [0.1, 0.15) is 5.52 Å². The molecular formula is C22H19BrN2O3. The lowest BCUT2D eigenvalue weighted by molar-refractivity contribution is 0.0995. The van der Waals surface area contributed by atoms with Crippen molar-refractivity contribution < 1.29 is 13.6 Å². The Labute approximate surface area is 170 Å². The number of furan rings is 1. The zero-order valence-corrected chi connectivity index (χ0v) is 17.1. The van der Waals surface area contributed by atoms with E-state index in [0.29, 0.717) is 28.6 Å². The van der Waals surface area contributed by atoms with E-state index in [1.54, 1.807) is 12.1 Å².